The van der Waals surface area contributed by atoms with Gasteiger partial charge in [0.25, 0.3) is 0 Å². The van der Waals surface area contributed by atoms with Gasteiger partial charge in [0.15, 0.2) is 5.82 Å². The molecule has 2 aliphatic rings. The van der Waals surface area contributed by atoms with Gasteiger partial charge in [-0.15, -0.1) is 0 Å². The highest BCUT2D eigenvalue weighted by molar-refractivity contribution is 5.90. The molecule has 1 atom stereocenters. The van der Waals surface area contributed by atoms with Gasteiger partial charge < -0.3 is 19.5 Å². The van der Waals surface area contributed by atoms with Crippen LogP contribution in [0.1, 0.15) is 36.0 Å². The molecule has 3 heterocycles. The molecule has 2 aliphatic heterocycles. The van der Waals surface area contributed by atoms with Crippen molar-refractivity contribution in [1.82, 2.24) is 15.0 Å². The van der Waals surface area contributed by atoms with Crippen LogP contribution in [0.25, 0.3) is 0 Å². The quantitative estimate of drug-likeness (QED) is 0.873. The number of nitrogens with zero attached hydrogens (tertiary/aromatic N) is 3. The van der Waals surface area contributed by atoms with Crippen molar-refractivity contribution in [2.75, 3.05) is 31.6 Å². The molecule has 0 unspecified atom stereocenters. The number of hydrogen-bond acceptors (Lipinski definition) is 5. The van der Waals surface area contributed by atoms with Gasteiger partial charge in [-0.2, -0.15) is 4.98 Å². The van der Waals surface area contributed by atoms with Crippen molar-refractivity contribution in [2.24, 2.45) is 5.41 Å². The number of hydrogen-bond donors (Lipinski definition) is 1. The minimum Gasteiger partial charge on any atom is -0.381 e. The summed E-state index contributed by atoms with van der Waals surface area (Å²) in [6.07, 6.45) is 1.67. The summed E-state index contributed by atoms with van der Waals surface area (Å²) in [6, 6.07) is 4.43. The molecule has 1 spiro atoms. The summed E-state index contributed by atoms with van der Waals surface area (Å²) in [7, 11) is 0. The third-order valence-electron chi connectivity index (χ3n) is 5.77. The highest BCUT2D eigenvalue weighted by Crippen LogP contribution is 2.49. The third-order valence-corrected chi connectivity index (χ3v) is 5.77. The van der Waals surface area contributed by atoms with Crippen molar-refractivity contribution >= 4 is 11.7 Å². The molecule has 144 valence electrons. The van der Waals surface area contributed by atoms with Crippen molar-refractivity contribution in [1.29, 1.82) is 0 Å². The van der Waals surface area contributed by atoms with E-state index in [1.165, 1.54) is 6.07 Å². The number of nitrogens with one attached hydrogen (secondary N) is 1. The van der Waals surface area contributed by atoms with Crippen LogP contribution in [0.5, 0.6) is 0 Å². The number of anilines is 1. The Labute approximate surface area is 156 Å². The lowest BCUT2D eigenvalue weighted by atomic mass is 9.72. The van der Waals surface area contributed by atoms with E-state index >= 15 is 0 Å². The number of carbonyl (C=O) groups excluding carboxylic acids is 1. The Hall–Kier alpha value is -2.48. The van der Waals surface area contributed by atoms with Gasteiger partial charge in [-0.3, -0.25) is 0 Å². The van der Waals surface area contributed by atoms with Gasteiger partial charge in [0.1, 0.15) is 5.82 Å². The summed E-state index contributed by atoms with van der Waals surface area (Å²) in [5.74, 6) is 0.799. The number of amides is 2. The lowest BCUT2D eigenvalue weighted by molar-refractivity contribution is 0.00959. The molecule has 27 heavy (non-hydrogen) atoms. The van der Waals surface area contributed by atoms with Crippen LogP contribution in [-0.2, 0) is 4.74 Å². The number of aryl methyl sites for hydroxylation is 1. The number of urea groups is 1. The molecule has 2 fully saturated rings. The van der Waals surface area contributed by atoms with Gasteiger partial charge in [-0.1, -0.05) is 11.2 Å². The molecular formula is C19H23FN4O3. The number of ether oxygens (including phenoxy) is 1. The maximum absolute atomic E-state index is 13.8. The van der Waals surface area contributed by atoms with E-state index in [2.05, 4.69) is 15.5 Å². The van der Waals surface area contributed by atoms with Gasteiger partial charge in [0, 0.05) is 43.0 Å². The lowest BCUT2D eigenvalue weighted by Crippen LogP contribution is -2.38. The first kappa shape index (κ1) is 17.9. The molecule has 1 aromatic heterocycles. The second-order valence-corrected chi connectivity index (χ2v) is 7.43. The number of halogens is 1. The molecule has 0 aliphatic carbocycles. The van der Waals surface area contributed by atoms with Crippen molar-refractivity contribution in [3.8, 4) is 0 Å². The van der Waals surface area contributed by atoms with Gasteiger partial charge in [-0.25, -0.2) is 9.18 Å². The fourth-order valence-corrected chi connectivity index (χ4v) is 4.14. The third kappa shape index (κ3) is 3.29. The minimum atomic E-state index is -0.339. The van der Waals surface area contributed by atoms with Crippen LogP contribution in [0, 0.1) is 25.1 Å². The predicted octanol–water partition coefficient (Wildman–Crippen LogP) is 3.25. The highest BCUT2D eigenvalue weighted by Gasteiger charge is 2.51. The Kier molecular flexibility index (Phi) is 4.59. The molecule has 1 aromatic carbocycles. The first-order chi connectivity index (χ1) is 13.0. The highest BCUT2D eigenvalue weighted by atomic mass is 19.1. The molecule has 0 radical (unpaired) electrons. The van der Waals surface area contributed by atoms with E-state index in [0.717, 1.165) is 12.8 Å². The van der Waals surface area contributed by atoms with E-state index in [-0.39, 0.29) is 23.2 Å². The van der Waals surface area contributed by atoms with E-state index in [1.54, 1.807) is 30.9 Å². The molecule has 1 N–H and O–H groups in total. The summed E-state index contributed by atoms with van der Waals surface area (Å²) >= 11 is 0. The standard InChI is InChI=1S/C19H23FN4O3/c1-12-15(20)4-3-5-16(12)22-18(25)24-10-14(17-21-13(2)23-27-17)19(11-24)6-8-26-9-7-19/h3-5,14H,6-11H2,1-2H3,(H,22,25)/t14-/m1/s1. The Balaban J connectivity index is 1.57. The van der Waals surface area contributed by atoms with E-state index in [9.17, 15) is 9.18 Å². The molecule has 2 saturated heterocycles. The Bertz CT molecular complexity index is 847. The summed E-state index contributed by atoms with van der Waals surface area (Å²) in [5, 5.41) is 6.76. The number of likely N-dealkylation sites (tertiary alicyclic amines) is 1. The van der Waals surface area contributed by atoms with E-state index < -0.39 is 0 Å². The molecule has 4 rings (SSSR count). The van der Waals surface area contributed by atoms with Crippen molar-refractivity contribution in [3.63, 3.8) is 0 Å². The largest absolute Gasteiger partial charge is 0.381 e. The van der Waals surface area contributed by atoms with Crippen LogP contribution in [-0.4, -0.2) is 47.4 Å². The van der Waals surface area contributed by atoms with E-state index in [1.807, 2.05) is 0 Å². The fraction of sp³-hybridized carbons (Fsp3) is 0.526. The SMILES string of the molecule is Cc1noc([C@H]2CN(C(=O)Nc3cccc(F)c3C)CC23CCOCC3)n1. The monoisotopic (exact) mass is 374 g/mol. The molecule has 7 nitrogen and oxygen atoms in total. The molecule has 2 aromatic rings. The van der Waals surface area contributed by atoms with Crippen LogP contribution >= 0.6 is 0 Å². The number of rotatable bonds is 2. The van der Waals surface area contributed by atoms with E-state index in [4.69, 9.17) is 9.26 Å². The summed E-state index contributed by atoms with van der Waals surface area (Å²) in [4.78, 5) is 19.1. The smallest absolute Gasteiger partial charge is 0.321 e. The van der Waals surface area contributed by atoms with Crippen LogP contribution in [0.4, 0.5) is 14.9 Å². The van der Waals surface area contributed by atoms with Crippen molar-refractivity contribution in [2.45, 2.75) is 32.6 Å². The molecule has 0 bridgehead atoms. The van der Waals surface area contributed by atoms with Gasteiger partial charge in [-0.05, 0) is 38.8 Å². The number of benzene rings is 1. The zero-order valence-electron chi connectivity index (χ0n) is 15.5. The second-order valence-electron chi connectivity index (χ2n) is 7.43. The average molecular weight is 374 g/mol. The number of carbonyl (C=O) groups is 1. The fourth-order valence-electron chi connectivity index (χ4n) is 4.14. The Morgan fingerprint density at radius 1 is 1.33 bits per heavy atom. The second kappa shape index (κ2) is 6.92. The zero-order valence-corrected chi connectivity index (χ0v) is 15.5. The summed E-state index contributed by atoms with van der Waals surface area (Å²) in [6.45, 7) is 5.82. The van der Waals surface area contributed by atoms with Crippen molar-refractivity contribution < 1.29 is 18.4 Å². The summed E-state index contributed by atoms with van der Waals surface area (Å²) < 4.78 is 24.8. The molecular weight excluding hydrogens is 351 g/mol. The average Bonchev–Trinajstić information content (AvgIpc) is 3.23. The Morgan fingerprint density at radius 3 is 2.81 bits per heavy atom. The molecule has 2 amide bonds. The number of aromatic nitrogens is 2. The normalized spacial score (nSPS) is 21.6. The van der Waals surface area contributed by atoms with Crippen molar-refractivity contribution in [3.05, 3.63) is 41.3 Å². The van der Waals surface area contributed by atoms with Gasteiger partial charge >= 0.3 is 6.03 Å². The van der Waals surface area contributed by atoms with Crippen LogP contribution in [0.2, 0.25) is 0 Å². The topological polar surface area (TPSA) is 80.5 Å². The zero-order chi connectivity index (χ0) is 19.0. The van der Waals surface area contributed by atoms with Gasteiger partial charge in [0.2, 0.25) is 5.89 Å². The van der Waals surface area contributed by atoms with Crippen LogP contribution in [0.3, 0.4) is 0 Å². The maximum Gasteiger partial charge on any atom is 0.321 e. The maximum atomic E-state index is 13.8. The minimum absolute atomic E-state index is 0.0260. The first-order valence-corrected chi connectivity index (χ1v) is 9.17. The first-order valence-electron chi connectivity index (χ1n) is 9.17. The molecule has 0 saturated carbocycles. The van der Waals surface area contributed by atoms with Gasteiger partial charge in [0.05, 0.1) is 5.92 Å². The predicted molar refractivity (Wildman–Crippen MR) is 96.0 cm³/mol. The lowest BCUT2D eigenvalue weighted by Gasteiger charge is -2.36. The van der Waals surface area contributed by atoms with Crippen LogP contribution in [0.15, 0.2) is 22.7 Å². The Morgan fingerprint density at radius 2 is 2.11 bits per heavy atom. The summed E-state index contributed by atoms with van der Waals surface area (Å²) in [5.41, 5.74) is 0.777. The van der Waals surface area contributed by atoms with Crippen LogP contribution < -0.4 is 5.32 Å². The molecule has 8 heteroatoms. The van der Waals surface area contributed by atoms with E-state index in [0.29, 0.717) is 49.3 Å².